The summed E-state index contributed by atoms with van der Waals surface area (Å²) in [4.78, 5) is 8.96. The van der Waals surface area contributed by atoms with Gasteiger partial charge >= 0.3 is 0 Å². The average molecular weight is 344 g/mol. The van der Waals surface area contributed by atoms with Crippen LogP contribution < -0.4 is 10.6 Å². The lowest BCUT2D eigenvalue weighted by Crippen LogP contribution is -2.34. The normalized spacial score (nSPS) is 13.9. The molecule has 2 aromatic carbocycles. The van der Waals surface area contributed by atoms with Crippen molar-refractivity contribution in [3.05, 3.63) is 89.4 Å². The molecule has 2 N–H and O–H groups in total. The number of anilines is 1. The van der Waals surface area contributed by atoms with Gasteiger partial charge in [0.25, 0.3) is 0 Å². The van der Waals surface area contributed by atoms with Crippen LogP contribution in [0.3, 0.4) is 0 Å². The van der Waals surface area contributed by atoms with Gasteiger partial charge in [-0.2, -0.15) is 0 Å². The van der Waals surface area contributed by atoms with Crippen LogP contribution in [0.4, 0.5) is 5.82 Å². The summed E-state index contributed by atoms with van der Waals surface area (Å²) in [5, 5.41) is 7.01. The Morgan fingerprint density at radius 1 is 0.962 bits per heavy atom. The summed E-state index contributed by atoms with van der Waals surface area (Å²) in [5.41, 5.74) is 4.80. The molecule has 132 valence electrons. The first-order valence-corrected chi connectivity index (χ1v) is 9.16. The summed E-state index contributed by atoms with van der Waals surface area (Å²) < 4.78 is 0. The summed E-state index contributed by atoms with van der Waals surface area (Å²) >= 11 is 0. The molecule has 0 amide bonds. The van der Waals surface area contributed by atoms with E-state index in [1.54, 1.807) is 6.33 Å². The Balaban J connectivity index is 1.67. The average Bonchev–Trinajstić information content (AvgIpc) is 2.73. The third kappa shape index (κ3) is 3.20. The van der Waals surface area contributed by atoms with E-state index in [1.807, 2.05) is 0 Å². The molecule has 1 aliphatic heterocycles. The number of aromatic nitrogens is 2. The van der Waals surface area contributed by atoms with E-state index < -0.39 is 0 Å². The molecule has 0 unspecified atom stereocenters. The molecular formula is C22H24N4. The monoisotopic (exact) mass is 344 g/mol. The highest BCUT2D eigenvalue weighted by Gasteiger charge is 2.29. The van der Waals surface area contributed by atoms with Crippen LogP contribution in [-0.4, -0.2) is 23.1 Å². The van der Waals surface area contributed by atoms with E-state index in [4.69, 9.17) is 0 Å². The highest BCUT2D eigenvalue weighted by Crippen LogP contribution is 2.32. The van der Waals surface area contributed by atoms with Gasteiger partial charge < -0.3 is 10.6 Å². The maximum atomic E-state index is 4.53. The Hall–Kier alpha value is -2.72. The zero-order chi connectivity index (χ0) is 17.8. The third-order valence-electron chi connectivity index (χ3n) is 5.31. The molecule has 4 rings (SSSR count). The molecule has 26 heavy (non-hydrogen) atoms. The van der Waals surface area contributed by atoms with Gasteiger partial charge in [-0.25, -0.2) is 9.97 Å². The van der Waals surface area contributed by atoms with Crippen molar-refractivity contribution in [2.45, 2.75) is 25.3 Å². The van der Waals surface area contributed by atoms with Crippen molar-refractivity contribution in [2.75, 3.05) is 18.4 Å². The molecule has 0 radical (unpaired) electrons. The first-order valence-electron chi connectivity index (χ1n) is 9.16. The fraction of sp³-hybridized carbons (Fsp3) is 0.273. The van der Waals surface area contributed by atoms with E-state index in [0.29, 0.717) is 0 Å². The van der Waals surface area contributed by atoms with Crippen molar-refractivity contribution in [2.24, 2.45) is 0 Å². The van der Waals surface area contributed by atoms with Gasteiger partial charge in [-0.15, -0.1) is 0 Å². The van der Waals surface area contributed by atoms with Crippen molar-refractivity contribution in [3.8, 4) is 0 Å². The number of nitrogens with zero attached hydrogens (tertiary/aromatic N) is 2. The van der Waals surface area contributed by atoms with Crippen LogP contribution in [0.2, 0.25) is 0 Å². The fourth-order valence-electron chi connectivity index (χ4n) is 3.68. The second kappa shape index (κ2) is 7.26. The van der Waals surface area contributed by atoms with Gasteiger partial charge in [0.1, 0.15) is 12.1 Å². The summed E-state index contributed by atoms with van der Waals surface area (Å²) in [5.74, 6) is 0.967. The van der Waals surface area contributed by atoms with Crippen LogP contribution >= 0.6 is 0 Å². The maximum Gasteiger partial charge on any atom is 0.132 e. The quantitative estimate of drug-likeness (QED) is 0.743. The van der Waals surface area contributed by atoms with E-state index >= 15 is 0 Å². The first-order chi connectivity index (χ1) is 12.8. The highest BCUT2D eigenvalue weighted by atomic mass is 15.0. The van der Waals surface area contributed by atoms with Crippen LogP contribution in [0.1, 0.15) is 29.3 Å². The SMILES string of the molecule is CC(CNc1ncnc2c1CCNC2)(c1ccccc1)c1ccccc1. The topological polar surface area (TPSA) is 49.8 Å². The summed E-state index contributed by atoms with van der Waals surface area (Å²) in [7, 11) is 0. The number of hydrogen-bond acceptors (Lipinski definition) is 4. The molecule has 3 aromatic rings. The second-order valence-electron chi connectivity index (χ2n) is 6.99. The van der Waals surface area contributed by atoms with Crippen LogP contribution in [0.5, 0.6) is 0 Å². The molecule has 0 saturated carbocycles. The Labute approximate surface area is 154 Å². The standard InChI is InChI=1S/C22H24N4/c1-22(17-8-4-2-5-9-17,18-10-6-3-7-11-18)15-24-21-19-12-13-23-14-20(19)25-16-26-21/h2-11,16,23H,12-15H2,1H3,(H,24,25,26). The van der Waals surface area contributed by atoms with E-state index in [1.165, 1.54) is 16.7 Å². The largest absolute Gasteiger partial charge is 0.369 e. The summed E-state index contributed by atoms with van der Waals surface area (Å²) in [6.45, 7) is 4.86. The van der Waals surface area contributed by atoms with Gasteiger partial charge in [0.05, 0.1) is 5.69 Å². The van der Waals surface area contributed by atoms with Crippen molar-refractivity contribution >= 4 is 5.82 Å². The summed E-state index contributed by atoms with van der Waals surface area (Å²) in [6.07, 6.45) is 2.63. The Morgan fingerprint density at radius 3 is 2.27 bits per heavy atom. The zero-order valence-electron chi connectivity index (χ0n) is 15.1. The van der Waals surface area contributed by atoms with E-state index in [9.17, 15) is 0 Å². The molecule has 0 bridgehead atoms. The molecule has 1 aromatic heterocycles. The van der Waals surface area contributed by atoms with Crippen molar-refractivity contribution in [3.63, 3.8) is 0 Å². The molecule has 0 aliphatic carbocycles. The predicted octanol–water partition coefficient (Wildman–Crippen LogP) is 3.54. The smallest absolute Gasteiger partial charge is 0.132 e. The molecule has 0 atom stereocenters. The number of rotatable bonds is 5. The number of fused-ring (bicyclic) bond motifs is 1. The van der Waals surface area contributed by atoms with Gasteiger partial charge in [0.15, 0.2) is 0 Å². The van der Waals surface area contributed by atoms with Crippen molar-refractivity contribution in [1.82, 2.24) is 15.3 Å². The van der Waals surface area contributed by atoms with E-state index in [0.717, 1.165) is 37.6 Å². The lowest BCUT2D eigenvalue weighted by atomic mass is 9.76. The molecular weight excluding hydrogens is 320 g/mol. The minimum Gasteiger partial charge on any atom is -0.369 e. The Bertz CT molecular complexity index is 822. The zero-order valence-corrected chi connectivity index (χ0v) is 15.1. The Kier molecular flexibility index (Phi) is 4.67. The third-order valence-corrected chi connectivity index (χ3v) is 5.31. The van der Waals surface area contributed by atoms with Crippen LogP contribution in [0, 0.1) is 0 Å². The van der Waals surface area contributed by atoms with Gasteiger partial charge in [-0.1, -0.05) is 60.7 Å². The molecule has 0 saturated heterocycles. The van der Waals surface area contributed by atoms with Crippen LogP contribution in [0.25, 0.3) is 0 Å². The molecule has 2 heterocycles. The number of nitrogens with one attached hydrogen (secondary N) is 2. The van der Waals surface area contributed by atoms with Gasteiger partial charge in [0.2, 0.25) is 0 Å². The number of benzene rings is 2. The van der Waals surface area contributed by atoms with Crippen LogP contribution in [-0.2, 0) is 18.4 Å². The maximum absolute atomic E-state index is 4.53. The van der Waals surface area contributed by atoms with Gasteiger partial charge in [-0.05, 0) is 31.0 Å². The predicted molar refractivity (Wildman–Crippen MR) is 105 cm³/mol. The van der Waals surface area contributed by atoms with E-state index in [-0.39, 0.29) is 5.41 Å². The Morgan fingerprint density at radius 2 is 1.62 bits per heavy atom. The molecule has 0 spiro atoms. The second-order valence-corrected chi connectivity index (χ2v) is 6.99. The van der Waals surface area contributed by atoms with E-state index in [2.05, 4.69) is 88.2 Å². The fourth-order valence-corrected chi connectivity index (χ4v) is 3.68. The van der Waals surface area contributed by atoms with Crippen molar-refractivity contribution in [1.29, 1.82) is 0 Å². The highest BCUT2D eigenvalue weighted by molar-refractivity contribution is 5.49. The minimum atomic E-state index is -0.146. The van der Waals surface area contributed by atoms with Gasteiger partial charge in [0, 0.05) is 24.1 Å². The minimum absolute atomic E-state index is 0.146. The van der Waals surface area contributed by atoms with Gasteiger partial charge in [-0.3, -0.25) is 0 Å². The molecule has 4 heteroatoms. The number of hydrogen-bond donors (Lipinski definition) is 2. The molecule has 0 fully saturated rings. The first kappa shape index (κ1) is 16.7. The summed E-state index contributed by atoms with van der Waals surface area (Å²) in [6, 6.07) is 21.4. The van der Waals surface area contributed by atoms with Crippen molar-refractivity contribution < 1.29 is 0 Å². The molecule has 4 nitrogen and oxygen atoms in total. The molecule has 1 aliphatic rings. The van der Waals surface area contributed by atoms with Crippen LogP contribution in [0.15, 0.2) is 67.0 Å². The lowest BCUT2D eigenvalue weighted by molar-refractivity contribution is 0.596. The lowest BCUT2D eigenvalue weighted by Gasteiger charge is -2.32.